The van der Waals surface area contributed by atoms with E-state index in [-0.39, 0.29) is 6.42 Å². The number of carboxylic acid groups (broad SMARTS) is 1. The van der Waals surface area contributed by atoms with Crippen molar-refractivity contribution < 1.29 is 9.90 Å². The molecule has 0 aromatic carbocycles. The summed E-state index contributed by atoms with van der Waals surface area (Å²) in [7, 11) is 2.12. The summed E-state index contributed by atoms with van der Waals surface area (Å²) in [4.78, 5) is 12.9. The molecule has 1 N–H and O–H groups in total. The quantitative estimate of drug-likeness (QED) is 0.822. The van der Waals surface area contributed by atoms with Gasteiger partial charge in [-0.2, -0.15) is 5.10 Å². The van der Waals surface area contributed by atoms with Crippen LogP contribution in [-0.2, 0) is 11.2 Å². The zero-order valence-corrected chi connectivity index (χ0v) is 9.46. The predicted molar refractivity (Wildman–Crippen MR) is 59.3 cm³/mol. The Morgan fingerprint density at radius 3 is 2.88 bits per heavy atom. The zero-order chi connectivity index (χ0) is 11.5. The molecule has 1 aromatic heterocycles. The lowest BCUT2D eigenvalue weighted by molar-refractivity contribution is -0.136. The fraction of sp³-hybridized carbons (Fsp3) is 0.636. The van der Waals surface area contributed by atoms with Crippen molar-refractivity contribution in [1.29, 1.82) is 0 Å². The molecular formula is C11H17N3O2. The Labute approximate surface area is 94.7 Å². The maximum atomic E-state index is 10.6. The third-order valence-corrected chi connectivity index (χ3v) is 3.07. The molecule has 1 saturated heterocycles. The second-order valence-electron chi connectivity index (χ2n) is 4.43. The minimum atomic E-state index is -0.803. The van der Waals surface area contributed by atoms with Crippen molar-refractivity contribution in [3.63, 3.8) is 0 Å². The summed E-state index contributed by atoms with van der Waals surface area (Å²) in [6.45, 7) is 2.16. The van der Waals surface area contributed by atoms with Crippen molar-refractivity contribution in [3.05, 3.63) is 18.0 Å². The maximum absolute atomic E-state index is 10.6. The summed E-state index contributed by atoms with van der Waals surface area (Å²) in [5.41, 5.74) is 0.784. The van der Waals surface area contributed by atoms with E-state index in [9.17, 15) is 4.79 Å². The monoisotopic (exact) mass is 223 g/mol. The molecule has 2 rings (SSSR count). The van der Waals surface area contributed by atoms with Crippen LogP contribution in [0.25, 0.3) is 0 Å². The molecule has 0 amide bonds. The first kappa shape index (κ1) is 11.1. The van der Waals surface area contributed by atoms with Gasteiger partial charge in [0.1, 0.15) is 0 Å². The van der Waals surface area contributed by atoms with E-state index < -0.39 is 5.97 Å². The molecule has 1 aliphatic heterocycles. The van der Waals surface area contributed by atoms with Gasteiger partial charge in [0, 0.05) is 11.8 Å². The van der Waals surface area contributed by atoms with Crippen LogP contribution in [-0.4, -0.2) is 45.9 Å². The van der Waals surface area contributed by atoms with Crippen molar-refractivity contribution >= 4 is 5.97 Å². The first-order valence-corrected chi connectivity index (χ1v) is 5.58. The lowest BCUT2D eigenvalue weighted by atomic mass is 10.1. The molecule has 5 nitrogen and oxygen atoms in total. The van der Waals surface area contributed by atoms with Crippen LogP contribution < -0.4 is 0 Å². The lowest BCUT2D eigenvalue weighted by Gasteiger charge is -2.28. The van der Waals surface area contributed by atoms with E-state index in [1.54, 1.807) is 6.20 Å². The summed E-state index contributed by atoms with van der Waals surface area (Å²) in [5, 5.41) is 12.9. The van der Waals surface area contributed by atoms with Crippen LogP contribution in [0.4, 0.5) is 0 Å². The van der Waals surface area contributed by atoms with E-state index in [1.165, 1.54) is 0 Å². The number of hydrogen-bond donors (Lipinski definition) is 1. The summed E-state index contributed by atoms with van der Waals surface area (Å²) < 4.78 is 1.92. The van der Waals surface area contributed by atoms with Crippen molar-refractivity contribution in [2.75, 3.05) is 20.1 Å². The fourth-order valence-electron chi connectivity index (χ4n) is 2.10. The van der Waals surface area contributed by atoms with E-state index in [2.05, 4.69) is 17.0 Å². The van der Waals surface area contributed by atoms with E-state index in [1.807, 2.05) is 10.9 Å². The molecule has 0 atom stereocenters. The third kappa shape index (κ3) is 2.61. The molecule has 16 heavy (non-hydrogen) atoms. The Morgan fingerprint density at radius 2 is 2.25 bits per heavy atom. The number of carboxylic acids is 1. The summed E-state index contributed by atoms with van der Waals surface area (Å²) in [6, 6.07) is 0.429. The van der Waals surface area contributed by atoms with Gasteiger partial charge in [-0.05, 0) is 33.0 Å². The van der Waals surface area contributed by atoms with Gasteiger partial charge in [-0.1, -0.05) is 0 Å². The van der Waals surface area contributed by atoms with Gasteiger partial charge in [-0.3, -0.25) is 9.48 Å². The topological polar surface area (TPSA) is 58.4 Å². The number of likely N-dealkylation sites (tertiary alicyclic amines) is 1. The molecule has 2 heterocycles. The van der Waals surface area contributed by atoms with Crippen LogP contribution in [0.2, 0.25) is 0 Å². The Hall–Kier alpha value is -1.36. The van der Waals surface area contributed by atoms with E-state index in [4.69, 9.17) is 5.11 Å². The summed E-state index contributed by atoms with van der Waals surface area (Å²) in [5.74, 6) is -0.803. The highest BCUT2D eigenvalue weighted by Crippen LogP contribution is 2.21. The number of hydrogen-bond acceptors (Lipinski definition) is 3. The molecule has 0 bridgehead atoms. The summed E-state index contributed by atoms with van der Waals surface area (Å²) >= 11 is 0. The molecule has 0 unspecified atom stereocenters. The average molecular weight is 223 g/mol. The van der Waals surface area contributed by atoms with Crippen LogP contribution in [0, 0.1) is 0 Å². The molecule has 5 heteroatoms. The van der Waals surface area contributed by atoms with Crippen LogP contribution >= 0.6 is 0 Å². The minimum absolute atomic E-state index is 0.0621. The van der Waals surface area contributed by atoms with Crippen LogP contribution in [0.5, 0.6) is 0 Å². The van der Waals surface area contributed by atoms with Gasteiger partial charge in [0.05, 0.1) is 18.7 Å². The van der Waals surface area contributed by atoms with Gasteiger partial charge in [-0.15, -0.1) is 0 Å². The van der Waals surface area contributed by atoms with Crippen molar-refractivity contribution in [2.45, 2.75) is 25.3 Å². The second kappa shape index (κ2) is 4.65. The number of aromatic nitrogens is 2. The van der Waals surface area contributed by atoms with E-state index in [0.717, 1.165) is 31.5 Å². The lowest BCUT2D eigenvalue weighted by Crippen LogP contribution is -2.31. The van der Waals surface area contributed by atoms with E-state index >= 15 is 0 Å². The Balaban J connectivity index is 1.99. The number of aliphatic carboxylic acids is 1. The molecular weight excluding hydrogens is 206 g/mol. The highest BCUT2D eigenvalue weighted by Gasteiger charge is 2.19. The molecule has 88 valence electrons. The molecule has 1 aromatic rings. The standard InChI is InChI=1S/C11H17N3O2/c1-13-4-2-10(3-5-13)14-8-9(7-12-14)6-11(15)16/h7-8,10H,2-6H2,1H3,(H,15,16). The first-order valence-electron chi connectivity index (χ1n) is 5.58. The van der Waals surface area contributed by atoms with Crippen LogP contribution in [0.1, 0.15) is 24.4 Å². The van der Waals surface area contributed by atoms with Gasteiger partial charge in [0.15, 0.2) is 0 Å². The van der Waals surface area contributed by atoms with Gasteiger partial charge in [-0.25, -0.2) is 0 Å². The molecule has 0 saturated carbocycles. The van der Waals surface area contributed by atoms with Crippen LogP contribution in [0.15, 0.2) is 12.4 Å². The molecule has 0 aliphatic carbocycles. The molecule has 0 radical (unpaired) electrons. The third-order valence-electron chi connectivity index (χ3n) is 3.07. The second-order valence-corrected chi connectivity index (χ2v) is 4.43. The zero-order valence-electron chi connectivity index (χ0n) is 9.46. The number of piperidine rings is 1. The Morgan fingerprint density at radius 1 is 1.56 bits per heavy atom. The first-order chi connectivity index (χ1) is 7.65. The largest absolute Gasteiger partial charge is 0.481 e. The Kier molecular flexibility index (Phi) is 3.24. The van der Waals surface area contributed by atoms with Gasteiger partial charge < -0.3 is 10.0 Å². The maximum Gasteiger partial charge on any atom is 0.307 e. The molecule has 0 spiro atoms. The fourth-order valence-corrected chi connectivity index (χ4v) is 2.10. The van der Waals surface area contributed by atoms with Crippen molar-refractivity contribution in [1.82, 2.24) is 14.7 Å². The van der Waals surface area contributed by atoms with Crippen LogP contribution in [0.3, 0.4) is 0 Å². The minimum Gasteiger partial charge on any atom is -0.481 e. The highest BCUT2D eigenvalue weighted by molar-refractivity contribution is 5.69. The number of nitrogens with zero attached hydrogens (tertiary/aromatic N) is 3. The SMILES string of the molecule is CN1CCC(n2cc(CC(=O)O)cn2)CC1. The van der Waals surface area contributed by atoms with Gasteiger partial charge in [0.2, 0.25) is 0 Å². The summed E-state index contributed by atoms with van der Waals surface area (Å²) in [6.07, 6.45) is 5.76. The van der Waals surface area contributed by atoms with Crippen molar-refractivity contribution in [3.8, 4) is 0 Å². The smallest absolute Gasteiger partial charge is 0.307 e. The number of carbonyl (C=O) groups is 1. The Bertz CT molecular complexity index is 367. The van der Waals surface area contributed by atoms with Gasteiger partial charge >= 0.3 is 5.97 Å². The number of rotatable bonds is 3. The highest BCUT2D eigenvalue weighted by atomic mass is 16.4. The van der Waals surface area contributed by atoms with Gasteiger partial charge in [0.25, 0.3) is 0 Å². The normalized spacial score (nSPS) is 18.8. The van der Waals surface area contributed by atoms with E-state index in [0.29, 0.717) is 6.04 Å². The molecule has 1 fully saturated rings. The molecule has 1 aliphatic rings. The van der Waals surface area contributed by atoms with Crippen molar-refractivity contribution in [2.24, 2.45) is 0 Å². The predicted octanol–water partition coefficient (Wildman–Crippen LogP) is 0.777. The average Bonchev–Trinajstić information content (AvgIpc) is 2.66.